The van der Waals surface area contributed by atoms with Crippen molar-refractivity contribution in [1.29, 1.82) is 0 Å². The number of aryl methyl sites for hydroxylation is 3. The van der Waals surface area contributed by atoms with Gasteiger partial charge in [-0.05, 0) is 32.9 Å². The molecule has 2 amide bonds. The summed E-state index contributed by atoms with van der Waals surface area (Å²) in [6.45, 7) is 5.10. The minimum Gasteiger partial charge on any atom is -0.359 e. The molecule has 8 heteroatoms. The molecule has 2 N–H and O–H groups in total. The molecule has 2 rings (SSSR count). The number of amides is 2. The van der Waals surface area contributed by atoms with Crippen molar-refractivity contribution in [2.75, 3.05) is 5.32 Å². The molecule has 0 radical (unpaired) electrons. The number of nitrogens with zero attached hydrogens (tertiary/aromatic N) is 1. The van der Waals surface area contributed by atoms with Crippen LogP contribution in [-0.2, 0) is 10.0 Å². The van der Waals surface area contributed by atoms with Gasteiger partial charge < -0.3 is 9.84 Å². The molecule has 2 aromatic rings. The lowest BCUT2D eigenvalue weighted by molar-refractivity contribution is 0.256. The molecule has 0 atom stereocenters. The van der Waals surface area contributed by atoms with Gasteiger partial charge in [0.05, 0.1) is 4.90 Å². The molecular formula is C13H15N3O4S. The van der Waals surface area contributed by atoms with E-state index in [1.165, 1.54) is 12.1 Å². The van der Waals surface area contributed by atoms with Crippen LogP contribution >= 0.6 is 0 Å². The number of carbonyl (C=O) groups is 1. The molecule has 0 fully saturated rings. The van der Waals surface area contributed by atoms with Crippen molar-refractivity contribution < 1.29 is 17.7 Å². The first-order valence-electron chi connectivity index (χ1n) is 6.13. The van der Waals surface area contributed by atoms with E-state index in [9.17, 15) is 13.2 Å². The highest BCUT2D eigenvalue weighted by Gasteiger charge is 2.19. The van der Waals surface area contributed by atoms with Crippen LogP contribution in [0, 0.1) is 20.8 Å². The topological polar surface area (TPSA) is 101 Å². The number of carbonyl (C=O) groups excluding carboxylic acids is 1. The van der Waals surface area contributed by atoms with Crippen molar-refractivity contribution >= 4 is 21.7 Å². The van der Waals surface area contributed by atoms with Gasteiger partial charge in [0.15, 0.2) is 5.76 Å². The molecule has 0 aliphatic carbocycles. The van der Waals surface area contributed by atoms with E-state index in [4.69, 9.17) is 4.52 Å². The van der Waals surface area contributed by atoms with Gasteiger partial charge in [-0.25, -0.2) is 17.9 Å². The van der Waals surface area contributed by atoms with Crippen molar-refractivity contribution in [2.45, 2.75) is 25.7 Å². The monoisotopic (exact) mass is 309 g/mol. The van der Waals surface area contributed by atoms with Gasteiger partial charge >= 0.3 is 6.03 Å². The normalized spacial score (nSPS) is 11.2. The van der Waals surface area contributed by atoms with E-state index in [0.717, 1.165) is 5.56 Å². The summed E-state index contributed by atoms with van der Waals surface area (Å²) in [6.07, 6.45) is 0. The van der Waals surface area contributed by atoms with Crippen molar-refractivity contribution in [3.05, 3.63) is 41.3 Å². The Kier molecular flexibility index (Phi) is 3.99. The average molecular weight is 309 g/mol. The molecular weight excluding hydrogens is 294 g/mol. The summed E-state index contributed by atoms with van der Waals surface area (Å²) < 4.78 is 30.9. The first-order valence-corrected chi connectivity index (χ1v) is 7.61. The van der Waals surface area contributed by atoms with Gasteiger partial charge in [0, 0.05) is 0 Å². The first-order chi connectivity index (χ1) is 9.79. The highest BCUT2D eigenvalue weighted by Crippen LogP contribution is 2.18. The molecule has 0 aliphatic heterocycles. The van der Waals surface area contributed by atoms with Gasteiger partial charge in [0.25, 0.3) is 10.0 Å². The molecule has 0 saturated heterocycles. The van der Waals surface area contributed by atoms with Gasteiger partial charge in [-0.3, -0.25) is 0 Å². The third kappa shape index (κ3) is 3.40. The summed E-state index contributed by atoms with van der Waals surface area (Å²) in [5.74, 6) is 0.399. The number of anilines is 1. The summed E-state index contributed by atoms with van der Waals surface area (Å²) in [4.78, 5) is 11.8. The van der Waals surface area contributed by atoms with Crippen molar-refractivity contribution in [3.63, 3.8) is 0 Å². The van der Waals surface area contributed by atoms with E-state index in [-0.39, 0.29) is 4.90 Å². The van der Waals surface area contributed by atoms with Crippen LogP contribution < -0.4 is 10.0 Å². The predicted octanol–water partition coefficient (Wildman–Crippen LogP) is 2.11. The van der Waals surface area contributed by atoms with E-state index in [1.54, 1.807) is 26.0 Å². The number of rotatable bonds is 3. The van der Waals surface area contributed by atoms with E-state index in [0.29, 0.717) is 17.1 Å². The molecule has 112 valence electrons. The minimum atomic E-state index is -3.92. The van der Waals surface area contributed by atoms with E-state index < -0.39 is 16.1 Å². The standard InChI is InChI=1S/C13H15N3O4S/c1-8-4-6-11(7-5-8)21(18,19)16-13(17)14-12-9(2)15-20-10(12)3/h4-7H,1-3H3,(H2,14,16,17). The number of nitrogens with one attached hydrogen (secondary N) is 2. The Bertz CT molecular complexity index is 744. The molecule has 21 heavy (non-hydrogen) atoms. The van der Waals surface area contributed by atoms with Crippen LogP contribution in [0.5, 0.6) is 0 Å². The maximum atomic E-state index is 12.0. The molecule has 0 spiro atoms. The van der Waals surface area contributed by atoms with Gasteiger partial charge in [0.1, 0.15) is 11.4 Å². The van der Waals surface area contributed by atoms with Crippen LogP contribution in [0.2, 0.25) is 0 Å². The zero-order valence-electron chi connectivity index (χ0n) is 11.8. The Morgan fingerprint density at radius 3 is 2.29 bits per heavy atom. The van der Waals surface area contributed by atoms with E-state index >= 15 is 0 Å². The fraction of sp³-hybridized carbons (Fsp3) is 0.231. The van der Waals surface area contributed by atoms with Crippen LogP contribution in [0.15, 0.2) is 33.7 Å². The van der Waals surface area contributed by atoms with Crippen LogP contribution in [-0.4, -0.2) is 19.6 Å². The van der Waals surface area contributed by atoms with Gasteiger partial charge in [0.2, 0.25) is 0 Å². The summed E-state index contributed by atoms with van der Waals surface area (Å²) in [7, 11) is -3.92. The SMILES string of the molecule is Cc1ccc(S(=O)(=O)NC(=O)Nc2c(C)noc2C)cc1. The fourth-order valence-electron chi connectivity index (χ4n) is 1.70. The van der Waals surface area contributed by atoms with E-state index in [2.05, 4.69) is 10.5 Å². The quantitative estimate of drug-likeness (QED) is 0.904. The number of hydrogen-bond acceptors (Lipinski definition) is 5. The maximum absolute atomic E-state index is 12.0. The lowest BCUT2D eigenvalue weighted by Gasteiger charge is -2.08. The van der Waals surface area contributed by atoms with Crippen molar-refractivity contribution in [2.24, 2.45) is 0 Å². The number of sulfonamides is 1. The predicted molar refractivity (Wildman–Crippen MR) is 76.5 cm³/mol. The lowest BCUT2D eigenvalue weighted by atomic mass is 10.2. The van der Waals surface area contributed by atoms with Crippen LogP contribution in [0.4, 0.5) is 10.5 Å². The van der Waals surface area contributed by atoms with Gasteiger partial charge in [-0.15, -0.1) is 0 Å². The average Bonchev–Trinajstić information content (AvgIpc) is 2.70. The summed E-state index contributed by atoms with van der Waals surface area (Å²) >= 11 is 0. The van der Waals surface area contributed by atoms with Crippen LogP contribution in [0.25, 0.3) is 0 Å². The zero-order valence-corrected chi connectivity index (χ0v) is 12.6. The molecule has 0 unspecified atom stereocenters. The van der Waals surface area contributed by atoms with Gasteiger partial charge in [-0.1, -0.05) is 22.9 Å². The minimum absolute atomic E-state index is 0.0158. The maximum Gasteiger partial charge on any atom is 0.333 e. The molecule has 0 aliphatic rings. The summed E-state index contributed by atoms with van der Waals surface area (Å²) in [6, 6.07) is 5.30. The van der Waals surface area contributed by atoms with Crippen LogP contribution in [0.3, 0.4) is 0 Å². The second-order valence-corrected chi connectivity index (χ2v) is 6.25. The van der Waals surface area contributed by atoms with Crippen molar-refractivity contribution in [1.82, 2.24) is 9.88 Å². The number of urea groups is 1. The van der Waals surface area contributed by atoms with E-state index in [1.807, 2.05) is 11.6 Å². The lowest BCUT2D eigenvalue weighted by Crippen LogP contribution is -2.34. The molecule has 1 aromatic heterocycles. The third-order valence-corrected chi connectivity index (χ3v) is 4.18. The van der Waals surface area contributed by atoms with Crippen molar-refractivity contribution in [3.8, 4) is 0 Å². The third-order valence-electron chi connectivity index (χ3n) is 2.83. The number of aromatic nitrogens is 1. The highest BCUT2D eigenvalue weighted by molar-refractivity contribution is 7.90. The number of hydrogen-bond donors (Lipinski definition) is 2. The Morgan fingerprint density at radius 1 is 1.14 bits per heavy atom. The second-order valence-electron chi connectivity index (χ2n) is 4.57. The van der Waals surface area contributed by atoms with Gasteiger partial charge in [-0.2, -0.15) is 0 Å². The Morgan fingerprint density at radius 2 is 1.76 bits per heavy atom. The smallest absolute Gasteiger partial charge is 0.333 e. The summed E-state index contributed by atoms with van der Waals surface area (Å²) in [5.41, 5.74) is 1.75. The second kappa shape index (κ2) is 5.57. The zero-order chi connectivity index (χ0) is 15.6. The fourth-order valence-corrected chi connectivity index (χ4v) is 2.61. The van der Waals surface area contributed by atoms with Crippen LogP contribution in [0.1, 0.15) is 17.0 Å². The Balaban J connectivity index is 2.13. The first kappa shape index (κ1) is 15.0. The Hall–Kier alpha value is -2.35. The molecule has 1 aromatic carbocycles. The molecule has 1 heterocycles. The number of benzene rings is 1. The molecule has 0 saturated carbocycles. The molecule has 0 bridgehead atoms. The highest BCUT2D eigenvalue weighted by atomic mass is 32.2. The summed E-state index contributed by atoms with van der Waals surface area (Å²) in [5, 5.41) is 6.08. The largest absolute Gasteiger partial charge is 0.359 e. The Labute approximate surface area is 122 Å². The molecule has 7 nitrogen and oxygen atoms in total.